The highest BCUT2D eigenvalue weighted by atomic mass is 16.3. The molecule has 1 atom stereocenters. The highest BCUT2D eigenvalue weighted by Crippen LogP contribution is 2.34. The number of carbonyl (C=O) groups is 1. The number of nitrogens with one attached hydrogen (secondary N) is 1. The van der Waals surface area contributed by atoms with Gasteiger partial charge in [-0.15, -0.1) is 0 Å². The van der Waals surface area contributed by atoms with Crippen molar-refractivity contribution in [3.8, 4) is 11.1 Å². The first kappa shape index (κ1) is 21.2. The van der Waals surface area contributed by atoms with E-state index in [0.29, 0.717) is 12.1 Å². The van der Waals surface area contributed by atoms with Crippen LogP contribution in [0.4, 0.5) is 0 Å². The van der Waals surface area contributed by atoms with Crippen LogP contribution in [0, 0.1) is 0 Å². The van der Waals surface area contributed by atoms with Crippen LogP contribution in [-0.4, -0.2) is 35.3 Å². The van der Waals surface area contributed by atoms with Gasteiger partial charge in [-0.25, -0.2) is 4.98 Å². The van der Waals surface area contributed by atoms with E-state index in [0.717, 1.165) is 57.8 Å². The second-order valence-corrected chi connectivity index (χ2v) is 8.49. The summed E-state index contributed by atoms with van der Waals surface area (Å²) in [6.45, 7) is 2.13. The molecule has 0 saturated heterocycles. The Morgan fingerprint density at radius 1 is 1.12 bits per heavy atom. The van der Waals surface area contributed by atoms with E-state index in [4.69, 9.17) is 0 Å². The molecular weight excluding hydrogens is 414 g/mol. The Labute approximate surface area is 191 Å². The highest BCUT2D eigenvalue weighted by molar-refractivity contribution is 5.95. The molecule has 1 aromatic carbocycles. The predicted octanol–water partition coefficient (Wildman–Crippen LogP) is 5.22. The minimum absolute atomic E-state index is 0.0856. The Morgan fingerprint density at radius 3 is 2.79 bits per heavy atom. The van der Waals surface area contributed by atoms with Crippen LogP contribution in [0.2, 0.25) is 0 Å². The molecule has 4 aromatic heterocycles. The zero-order valence-corrected chi connectivity index (χ0v) is 18.8. The Kier molecular flexibility index (Phi) is 5.56. The van der Waals surface area contributed by atoms with Gasteiger partial charge < -0.3 is 10.1 Å². The number of aromatic amines is 1. The van der Waals surface area contributed by atoms with Gasteiger partial charge in [0.25, 0.3) is 0 Å². The SMILES string of the molecule is CCCCCC(=O)n1ccc2c(C(O)c3c[nH]c4ncc(-c5cnn(C)c5)cc34)cccc21. The number of rotatable bonds is 7. The van der Waals surface area contributed by atoms with Crippen LogP contribution in [0.15, 0.2) is 61.3 Å². The Bertz CT molecular complexity index is 1440. The summed E-state index contributed by atoms with van der Waals surface area (Å²) in [7, 11) is 1.88. The second-order valence-electron chi connectivity index (χ2n) is 8.49. The van der Waals surface area contributed by atoms with Crippen LogP contribution in [-0.2, 0) is 7.05 Å². The maximum Gasteiger partial charge on any atom is 0.231 e. The van der Waals surface area contributed by atoms with Crippen LogP contribution < -0.4 is 0 Å². The molecule has 2 N–H and O–H groups in total. The Balaban J connectivity index is 1.52. The third kappa shape index (κ3) is 3.85. The molecule has 5 rings (SSSR count). The highest BCUT2D eigenvalue weighted by Gasteiger charge is 2.20. The summed E-state index contributed by atoms with van der Waals surface area (Å²) < 4.78 is 3.46. The van der Waals surface area contributed by atoms with E-state index in [9.17, 15) is 9.90 Å². The number of H-pyrrole nitrogens is 1. The molecule has 0 spiro atoms. The van der Waals surface area contributed by atoms with E-state index in [1.807, 2.05) is 49.8 Å². The Morgan fingerprint density at radius 2 is 2.00 bits per heavy atom. The number of aliphatic hydroxyl groups is 1. The van der Waals surface area contributed by atoms with Gasteiger partial charge in [0.05, 0.1) is 11.7 Å². The van der Waals surface area contributed by atoms with Crippen molar-refractivity contribution in [1.29, 1.82) is 0 Å². The van der Waals surface area contributed by atoms with Crippen molar-refractivity contribution < 1.29 is 9.90 Å². The van der Waals surface area contributed by atoms with E-state index in [1.54, 1.807) is 27.8 Å². The van der Waals surface area contributed by atoms with Crippen molar-refractivity contribution in [2.75, 3.05) is 0 Å². The number of hydrogen-bond donors (Lipinski definition) is 2. The number of aromatic nitrogens is 5. The third-order valence-corrected chi connectivity index (χ3v) is 6.22. The maximum atomic E-state index is 12.7. The number of nitrogens with zero attached hydrogens (tertiary/aromatic N) is 4. The van der Waals surface area contributed by atoms with Gasteiger partial charge in [-0.1, -0.05) is 31.9 Å². The average Bonchev–Trinajstić information content (AvgIpc) is 3.56. The molecule has 0 radical (unpaired) electrons. The fourth-order valence-electron chi connectivity index (χ4n) is 4.44. The zero-order valence-electron chi connectivity index (χ0n) is 18.8. The number of fused-ring (bicyclic) bond motifs is 2. The molecule has 0 bridgehead atoms. The minimum Gasteiger partial charge on any atom is -0.384 e. The average molecular weight is 442 g/mol. The number of pyridine rings is 1. The van der Waals surface area contributed by atoms with Gasteiger partial charge in [0, 0.05) is 65.7 Å². The standard InChI is InChI=1S/C26H27N5O2/c1-3-4-5-9-24(32)31-11-10-19-20(7-6-8-23(19)31)25(33)22-15-28-26-21(22)12-17(13-27-26)18-14-29-30(2)16-18/h6-8,10-16,25,33H,3-5,9H2,1-2H3,(H,27,28). The molecule has 0 aliphatic heterocycles. The van der Waals surface area contributed by atoms with Gasteiger partial charge in [0.15, 0.2) is 0 Å². The molecular formula is C26H27N5O2. The predicted molar refractivity (Wildman–Crippen MR) is 129 cm³/mol. The summed E-state index contributed by atoms with van der Waals surface area (Å²) in [5.74, 6) is 0.0856. The fourth-order valence-corrected chi connectivity index (χ4v) is 4.44. The molecule has 33 heavy (non-hydrogen) atoms. The summed E-state index contributed by atoms with van der Waals surface area (Å²) >= 11 is 0. The van der Waals surface area contributed by atoms with Gasteiger partial charge >= 0.3 is 0 Å². The van der Waals surface area contributed by atoms with E-state index in [-0.39, 0.29) is 5.91 Å². The number of aliphatic hydroxyl groups excluding tert-OH is 1. The quantitative estimate of drug-likeness (QED) is 0.339. The fraction of sp³-hybridized carbons (Fsp3) is 0.269. The molecule has 0 aliphatic rings. The molecule has 7 nitrogen and oxygen atoms in total. The van der Waals surface area contributed by atoms with Gasteiger partial charge in [-0.05, 0) is 30.2 Å². The van der Waals surface area contributed by atoms with Crippen molar-refractivity contribution in [2.45, 2.75) is 38.7 Å². The number of benzene rings is 1. The number of hydrogen-bond acceptors (Lipinski definition) is 4. The van der Waals surface area contributed by atoms with Gasteiger partial charge in [0.1, 0.15) is 11.8 Å². The first-order valence-electron chi connectivity index (χ1n) is 11.3. The lowest BCUT2D eigenvalue weighted by Crippen LogP contribution is -2.09. The van der Waals surface area contributed by atoms with Crippen LogP contribution in [0.5, 0.6) is 0 Å². The minimum atomic E-state index is -0.862. The summed E-state index contributed by atoms with van der Waals surface area (Å²) in [4.78, 5) is 20.4. The van der Waals surface area contributed by atoms with E-state index < -0.39 is 6.10 Å². The lowest BCUT2D eigenvalue weighted by molar-refractivity contribution is 0.0904. The van der Waals surface area contributed by atoms with E-state index in [1.165, 1.54) is 0 Å². The third-order valence-electron chi connectivity index (χ3n) is 6.22. The molecule has 0 fully saturated rings. The van der Waals surface area contributed by atoms with Crippen LogP contribution in [0.1, 0.15) is 54.6 Å². The largest absolute Gasteiger partial charge is 0.384 e. The summed E-state index contributed by atoms with van der Waals surface area (Å²) in [5, 5.41) is 17.4. The number of unbranched alkanes of at least 4 members (excludes halogenated alkanes) is 2. The summed E-state index contributed by atoms with van der Waals surface area (Å²) in [5.41, 5.74) is 4.95. The molecule has 7 heteroatoms. The van der Waals surface area contributed by atoms with Crippen LogP contribution >= 0.6 is 0 Å². The van der Waals surface area contributed by atoms with Gasteiger partial charge in [-0.3, -0.25) is 14.0 Å². The van der Waals surface area contributed by atoms with E-state index in [2.05, 4.69) is 22.0 Å². The van der Waals surface area contributed by atoms with Crippen molar-refractivity contribution in [1.82, 2.24) is 24.3 Å². The van der Waals surface area contributed by atoms with Gasteiger partial charge in [0.2, 0.25) is 5.91 Å². The molecule has 4 heterocycles. The lowest BCUT2D eigenvalue weighted by Gasteiger charge is -2.13. The van der Waals surface area contributed by atoms with Gasteiger partial charge in [-0.2, -0.15) is 5.10 Å². The van der Waals surface area contributed by atoms with Crippen LogP contribution in [0.25, 0.3) is 33.1 Å². The van der Waals surface area contributed by atoms with E-state index >= 15 is 0 Å². The molecule has 168 valence electrons. The van der Waals surface area contributed by atoms with Crippen molar-refractivity contribution in [3.63, 3.8) is 0 Å². The number of carbonyl (C=O) groups excluding carboxylic acids is 1. The summed E-state index contributed by atoms with van der Waals surface area (Å²) in [6, 6.07) is 9.68. The monoisotopic (exact) mass is 441 g/mol. The lowest BCUT2D eigenvalue weighted by atomic mass is 9.97. The second kappa shape index (κ2) is 8.67. The van der Waals surface area contributed by atoms with Crippen molar-refractivity contribution in [3.05, 3.63) is 72.4 Å². The number of aryl methyl sites for hydroxylation is 1. The zero-order chi connectivity index (χ0) is 22.9. The Hall–Kier alpha value is -3.71. The molecule has 0 amide bonds. The smallest absolute Gasteiger partial charge is 0.231 e. The molecule has 0 aliphatic carbocycles. The normalized spacial score (nSPS) is 12.6. The molecule has 1 unspecified atom stereocenters. The maximum absolute atomic E-state index is 12.7. The van der Waals surface area contributed by atoms with Crippen molar-refractivity contribution >= 4 is 27.8 Å². The van der Waals surface area contributed by atoms with Crippen LogP contribution in [0.3, 0.4) is 0 Å². The molecule has 0 saturated carbocycles. The first-order chi connectivity index (χ1) is 16.1. The van der Waals surface area contributed by atoms with Crippen molar-refractivity contribution in [2.24, 2.45) is 7.05 Å². The summed E-state index contributed by atoms with van der Waals surface area (Å²) in [6.07, 6.45) is 11.8. The molecule has 5 aromatic rings. The first-order valence-corrected chi connectivity index (χ1v) is 11.3. The topological polar surface area (TPSA) is 88.7 Å².